The topological polar surface area (TPSA) is 223 Å². The highest BCUT2D eigenvalue weighted by atomic mass is 32.1. The maximum Gasteiger partial charge on any atom is 0.328 e. The highest BCUT2D eigenvalue weighted by Gasteiger charge is 2.32. The van der Waals surface area contributed by atoms with Crippen molar-refractivity contribution in [2.24, 2.45) is 23.2 Å². The molecule has 4 unspecified atom stereocenters. The van der Waals surface area contributed by atoms with Gasteiger partial charge in [-0.05, 0) is 81.5 Å². The zero-order chi connectivity index (χ0) is 50.1. The summed E-state index contributed by atoms with van der Waals surface area (Å²) in [4.78, 5) is 98.0. The lowest BCUT2D eigenvalue weighted by Gasteiger charge is -2.34. The van der Waals surface area contributed by atoms with Crippen LogP contribution in [0.3, 0.4) is 0 Å². The largest absolute Gasteiger partial charge is 0.455 e. The van der Waals surface area contributed by atoms with Gasteiger partial charge in [-0.25, -0.2) is 9.78 Å². The normalized spacial score (nSPS) is 14.8. The van der Waals surface area contributed by atoms with Gasteiger partial charge in [0.2, 0.25) is 23.6 Å². The molecule has 18 heteroatoms. The van der Waals surface area contributed by atoms with Gasteiger partial charge in [0.25, 0.3) is 5.91 Å². The van der Waals surface area contributed by atoms with Crippen molar-refractivity contribution in [2.45, 2.75) is 158 Å². The minimum absolute atomic E-state index is 0.0132. The van der Waals surface area contributed by atoms with E-state index in [0.717, 1.165) is 6.42 Å². The Morgan fingerprint density at radius 1 is 0.879 bits per heavy atom. The third-order valence-electron chi connectivity index (χ3n) is 11.2. The van der Waals surface area contributed by atoms with E-state index >= 15 is 0 Å². The summed E-state index contributed by atoms with van der Waals surface area (Å²) in [6, 6.07) is 1.64. The van der Waals surface area contributed by atoms with Crippen LogP contribution in [0.5, 0.6) is 5.75 Å². The molecular weight excluding hydrogens is 867 g/mol. The molecular formula is C48H77N7O10S. The summed E-state index contributed by atoms with van der Waals surface area (Å²) in [6.45, 7) is 22.2. The molecule has 66 heavy (non-hydrogen) atoms. The van der Waals surface area contributed by atoms with E-state index in [1.54, 1.807) is 56.6 Å². The summed E-state index contributed by atoms with van der Waals surface area (Å²) in [7, 11) is 4.94. The lowest BCUT2D eigenvalue weighted by atomic mass is 9.90. The molecule has 1 heterocycles. The first-order valence-electron chi connectivity index (χ1n) is 22.9. The molecule has 2 aromatic rings. The van der Waals surface area contributed by atoms with Crippen LogP contribution in [0.25, 0.3) is 0 Å². The molecule has 1 aromatic heterocycles. The second-order valence-corrected chi connectivity index (χ2v) is 19.9. The van der Waals surface area contributed by atoms with E-state index < -0.39 is 65.3 Å². The second kappa shape index (κ2) is 27.0. The summed E-state index contributed by atoms with van der Waals surface area (Å²) in [6.07, 6.45) is 1.83. The summed E-state index contributed by atoms with van der Waals surface area (Å²) in [5, 5.41) is 16.1. The molecule has 5 N–H and O–H groups in total. The number of rotatable bonds is 27. The third-order valence-corrected chi connectivity index (χ3v) is 12.2. The van der Waals surface area contributed by atoms with Crippen LogP contribution < -0.4 is 31.3 Å². The molecule has 0 saturated carbocycles. The standard InChI is InChI=1S/C48H77N7O10S/c1-16-29(6)20-42(58)55(14)38(28(4)5)23-40(64-33(10)56)46-54-37(25-66-46)45(61)52-35(19-27(2)3)21-34-17-18-39(65-47(62)32(9)49-13)36(22-34)53-44(60)31(8)51-43(59)30(7)50-41(57)24-48(11,12)26-63-15/h17-18,22,25,27-32,35,38,40,49H,16,19-21,23-24,26H2,1-15H3,(H,50,57)(H,51,59)(H,52,61)(H,53,60)/t29-,30?,31?,32?,35+,38?,40+/m0/s1. The van der Waals surface area contributed by atoms with E-state index in [0.29, 0.717) is 42.9 Å². The molecule has 1 aromatic carbocycles. The van der Waals surface area contributed by atoms with Gasteiger partial charge in [-0.1, -0.05) is 67.9 Å². The number of carbonyl (C=O) groups is 7. The lowest BCUT2D eigenvalue weighted by molar-refractivity contribution is -0.148. The maximum absolute atomic E-state index is 13.9. The molecule has 0 saturated heterocycles. The van der Waals surface area contributed by atoms with Crippen molar-refractivity contribution in [3.05, 3.63) is 39.8 Å². The van der Waals surface area contributed by atoms with Crippen molar-refractivity contribution in [1.82, 2.24) is 31.2 Å². The number of hydrogen-bond acceptors (Lipinski definition) is 13. The van der Waals surface area contributed by atoms with E-state index in [9.17, 15) is 33.6 Å². The predicted octanol–water partition coefficient (Wildman–Crippen LogP) is 5.97. The zero-order valence-corrected chi connectivity index (χ0v) is 42.7. The van der Waals surface area contributed by atoms with Gasteiger partial charge in [0, 0.05) is 57.8 Å². The van der Waals surface area contributed by atoms with Crippen LogP contribution in [-0.4, -0.2) is 109 Å². The van der Waals surface area contributed by atoms with Crippen LogP contribution in [0, 0.1) is 23.2 Å². The van der Waals surface area contributed by atoms with E-state index in [-0.39, 0.29) is 59.2 Å². The molecule has 7 atom stereocenters. The Kier molecular flexibility index (Phi) is 23.4. The number of aromatic nitrogens is 1. The van der Waals surface area contributed by atoms with Gasteiger partial charge in [0.1, 0.15) is 28.8 Å². The fraction of sp³-hybridized carbons (Fsp3) is 0.667. The van der Waals surface area contributed by atoms with Gasteiger partial charge in [-0.2, -0.15) is 0 Å². The van der Waals surface area contributed by atoms with E-state index in [2.05, 4.69) is 31.6 Å². The third kappa shape index (κ3) is 19.1. The van der Waals surface area contributed by atoms with Gasteiger partial charge in [-0.15, -0.1) is 11.3 Å². The Labute approximate surface area is 396 Å². The first kappa shape index (κ1) is 57.2. The van der Waals surface area contributed by atoms with Crippen LogP contribution in [0.1, 0.15) is 142 Å². The monoisotopic (exact) mass is 944 g/mol. The van der Waals surface area contributed by atoms with Crippen molar-refractivity contribution >= 4 is 58.5 Å². The SMILES string of the molecule is CC[C@H](C)CC(=O)N(C)C(C[C@@H](OC(C)=O)c1nc(C(=O)N[C@@H](Cc2ccc(OC(=O)C(C)NC)c(NC(=O)C(C)NC(=O)C(C)NC(=O)CC(C)(C)COC)c2)CC(C)C)cs1)C(C)C. The molecule has 5 amide bonds. The Bertz CT molecular complexity index is 1950. The van der Waals surface area contributed by atoms with E-state index in [1.165, 1.54) is 32.1 Å². The van der Waals surface area contributed by atoms with E-state index in [1.807, 2.05) is 55.4 Å². The summed E-state index contributed by atoms with van der Waals surface area (Å²) in [5.41, 5.74) is 0.567. The first-order valence-corrected chi connectivity index (χ1v) is 23.8. The van der Waals surface area contributed by atoms with Crippen LogP contribution in [0.4, 0.5) is 5.69 Å². The number of nitrogens with zero attached hydrogens (tertiary/aromatic N) is 2. The van der Waals surface area contributed by atoms with Crippen LogP contribution >= 0.6 is 11.3 Å². The van der Waals surface area contributed by atoms with Crippen molar-refractivity contribution in [2.75, 3.05) is 33.1 Å². The summed E-state index contributed by atoms with van der Waals surface area (Å²) >= 11 is 1.20. The molecule has 0 bridgehead atoms. The Hall–Kier alpha value is -4.94. The number of likely N-dealkylation sites (N-methyl/N-ethyl adjacent to an activating group) is 1. The summed E-state index contributed by atoms with van der Waals surface area (Å²) in [5.74, 6) is -2.52. The smallest absolute Gasteiger partial charge is 0.328 e. The van der Waals surface area contributed by atoms with E-state index in [4.69, 9.17) is 14.2 Å². The second-order valence-electron chi connectivity index (χ2n) is 19.0. The van der Waals surface area contributed by atoms with Gasteiger partial charge < -0.3 is 45.7 Å². The van der Waals surface area contributed by atoms with Crippen molar-refractivity contribution in [3.8, 4) is 5.75 Å². The van der Waals surface area contributed by atoms with Gasteiger partial charge >= 0.3 is 11.9 Å². The molecule has 0 fully saturated rings. The van der Waals surface area contributed by atoms with Crippen LogP contribution in [-0.2, 0) is 44.7 Å². The highest BCUT2D eigenvalue weighted by molar-refractivity contribution is 7.09. The molecule has 0 aliphatic rings. The fourth-order valence-electron chi connectivity index (χ4n) is 7.20. The number of amides is 5. The highest BCUT2D eigenvalue weighted by Crippen LogP contribution is 2.32. The van der Waals surface area contributed by atoms with Gasteiger partial charge in [-0.3, -0.25) is 28.8 Å². The average Bonchev–Trinajstić information content (AvgIpc) is 3.72. The van der Waals surface area contributed by atoms with Gasteiger partial charge in [0.05, 0.1) is 12.3 Å². The quantitative estimate of drug-likeness (QED) is 0.0517. The number of anilines is 1. The minimum Gasteiger partial charge on any atom is -0.455 e. The Morgan fingerprint density at radius 2 is 1.53 bits per heavy atom. The minimum atomic E-state index is -1.06. The lowest BCUT2D eigenvalue weighted by Crippen LogP contribution is -2.51. The number of ether oxygens (including phenoxy) is 3. The van der Waals surface area contributed by atoms with Gasteiger partial charge in [0.15, 0.2) is 11.9 Å². The molecule has 0 aliphatic carbocycles. The number of methoxy groups -OCH3 is 1. The molecule has 370 valence electrons. The predicted molar refractivity (Wildman–Crippen MR) is 256 cm³/mol. The number of benzene rings is 1. The maximum atomic E-state index is 13.9. The molecule has 2 rings (SSSR count). The summed E-state index contributed by atoms with van der Waals surface area (Å²) < 4.78 is 16.6. The number of nitrogens with one attached hydrogen (secondary N) is 5. The van der Waals surface area contributed by atoms with Crippen LogP contribution in [0.15, 0.2) is 23.6 Å². The average molecular weight is 944 g/mol. The molecule has 0 radical (unpaired) electrons. The Morgan fingerprint density at radius 3 is 2.11 bits per heavy atom. The number of hydrogen-bond donors (Lipinski definition) is 5. The molecule has 0 aliphatic heterocycles. The number of thiazole rings is 1. The van der Waals surface area contributed by atoms with Crippen LogP contribution in [0.2, 0.25) is 0 Å². The van der Waals surface area contributed by atoms with Crippen molar-refractivity contribution in [1.29, 1.82) is 0 Å². The zero-order valence-electron chi connectivity index (χ0n) is 41.8. The van der Waals surface area contributed by atoms with Crippen molar-refractivity contribution < 1.29 is 47.8 Å². The first-order chi connectivity index (χ1) is 30.8. The Balaban J connectivity index is 2.35. The molecule has 0 spiro atoms. The number of carbonyl (C=O) groups excluding carboxylic acids is 7. The number of esters is 2. The molecule has 17 nitrogen and oxygen atoms in total. The fourth-order valence-corrected chi connectivity index (χ4v) is 8.04. The van der Waals surface area contributed by atoms with Crippen molar-refractivity contribution in [3.63, 3.8) is 0 Å².